The number of hydrogen-bond donors (Lipinski definition) is 1. The first-order valence-corrected chi connectivity index (χ1v) is 7.39. The molecule has 1 N–H and O–H groups in total. The van der Waals surface area contributed by atoms with Crippen molar-refractivity contribution in [2.45, 2.75) is 26.3 Å². The Morgan fingerprint density at radius 3 is 2.52 bits per heavy atom. The normalized spacial score (nSPS) is 10.2. The average molecular weight is 315 g/mol. The number of aromatic nitrogens is 2. The Kier molecular flexibility index (Phi) is 5.91. The van der Waals surface area contributed by atoms with E-state index < -0.39 is 0 Å². The van der Waals surface area contributed by atoms with Crippen LogP contribution in [0.5, 0.6) is 11.5 Å². The van der Waals surface area contributed by atoms with E-state index in [1.165, 1.54) is 0 Å². The first-order chi connectivity index (χ1) is 11.1. The van der Waals surface area contributed by atoms with E-state index in [1.54, 1.807) is 14.2 Å². The number of rotatable bonds is 7. The highest BCUT2D eigenvalue weighted by atomic mass is 16.5. The number of aryl methyl sites for hydroxylation is 2. The zero-order valence-electron chi connectivity index (χ0n) is 13.6. The summed E-state index contributed by atoms with van der Waals surface area (Å²) in [5, 5.41) is 10.8. The lowest BCUT2D eigenvalue weighted by molar-refractivity contribution is -0.121. The van der Waals surface area contributed by atoms with Gasteiger partial charge in [0.15, 0.2) is 11.5 Å². The van der Waals surface area contributed by atoms with E-state index in [9.17, 15) is 4.79 Å². The van der Waals surface area contributed by atoms with Gasteiger partial charge in [-0.3, -0.25) is 4.79 Å². The second-order valence-corrected chi connectivity index (χ2v) is 5.13. The molecule has 0 saturated carbocycles. The van der Waals surface area contributed by atoms with E-state index in [2.05, 4.69) is 15.5 Å². The summed E-state index contributed by atoms with van der Waals surface area (Å²) in [5.74, 6) is 1.32. The number of methoxy groups -OCH3 is 2. The standard InChI is InChI=1S/C17H21N3O3/c1-12-4-7-14(20-19-12)11-18-17(21)9-6-13-5-8-15(22-2)16(10-13)23-3/h4-5,7-8,10H,6,9,11H2,1-3H3,(H,18,21). The molecule has 2 aromatic rings. The molecule has 6 nitrogen and oxygen atoms in total. The predicted molar refractivity (Wildman–Crippen MR) is 86.5 cm³/mol. The summed E-state index contributed by atoms with van der Waals surface area (Å²) in [6, 6.07) is 9.39. The van der Waals surface area contributed by atoms with Crippen molar-refractivity contribution in [1.29, 1.82) is 0 Å². The average Bonchev–Trinajstić information content (AvgIpc) is 2.59. The Hall–Kier alpha value is -2.63. The van der Waals surface area contributed by atoms with Crippen molar-refractivity contribution >= 4 is 5.91 Å². The van der Waals surface area contributed by atoms with Gasteiger partial charge in [-0.1, -0.05) is 6.07 Å². The summed E-state index contributed by atoms with van der Waals surface area (Å²) in [5.41, 5.74) is 2.62. The molecule has 6 heteroatoms. The van der Waals surface area contributed by atoms with Crippen LogP contribution >= 0.6 is 0 Å². The van der Waals surface area contributed by atoms with Crippen LogP contribution in [0.4, 0.5) is 0 Å². The quantitative estimate of drug-likeness (QED) is 0.846. The highest BCUT2D eigenvalue weighted by Crippen LogP contribution is 2.27. The number of carbonyl (C=O) groups is 1. The lowest BCUT2D eigenvalue weighted by Gasteiger charge is -2.09. The molecule has 122 valence electrons. The van der Waals surface area contributed by atoms with Gasteiger partial charge >= 0.3 is 0 Å². The van der Waals surface area contributed by atoms with Crippen molar-refractivity contribution in [3.63, 3.8) is 0 Å². The van der Waals surface area contributed by atoms with Crippen LogP contribution in [0.2, 0.25) is 0 Å². The third kappa shape index (κ3) is 4.95. The van der Waals surface area contributed by atoms with E-state index in [4.69, 9.17) is 9.47 Å². The summed E-state index contributed by atoms with van der Waals surface area (Å²) in [6.45, 7) is 2.26. The van der Waals surface area contributed by atoms with Crippen molar-refractivity contribution in [3.8, 4) is 11.5 Å². The van der Waals surface area contributed by atoms with Gasteiger partial charge in [-0.15, -0.1) is 0 Å². The number of amides is 1. The second-order valence-electron chi connectivity index (χ2n) is 5.13. The van der Waals surface area contributed by atoms with Gasteiger partial charge in [0.1, 0.15) is 0 Å². The lowest BCUT2D eigenvalue weighted by atomic mass is 10.1. The fourth-order valence-electron chi connectivity index (χ4n) is 2.09. The molecular formula is C17H21N3O3. The molecule has 0 aliphatic rings. The van der Waals surface area contributed by atoms with E-state index in [0.29, 0.717) is 30.9 Å². The van der Waals surface area contributed by atoms with Crippen LogP contribution in [0.25, 0.3) is 0 Å². The van der Waals surface area contributed by atoms with Gasteiger partial charge < -0.3 is 14.8 Å². The van der Waals surface area contributed by atoms with Gasteiger partial charge in [0.2, 0.25) is 5.91 Å². The smallest absolute Gasteiger partial charge is 0.220 e. The third-order valence-electron chi connectivity index (χ3n) is 3.41. The van der Waals surface area contributed by atoms with Crippen molar-refractivity contribution in [2.75, 3.05) is 14.2 Å². The first-order valence-electron chi connectivity index (χ1n) is 7.39. The molecule has 0 unspecified atom stereocenters. The Morgan fingerprint density at radius 2 is 1.87 bits per heavy atom. The molecule has 1 amide bonds. The monoisotopic (exact) mass is 315 g/mol. The Balaban J connectivity index is 1.83. The van der Waals surface area contributed by atoms with Crippen molar-refractivity contribution in [3.05, 3.63) is 47.3 Å². The molecule has 1 aromatic carbocycles. The largest absolute Gasteiger partial charge is 0.493 e. The SMILES string of the molecule is COc1ccc(CCC(=O)NCc2ccc(C)nn2)cc1OC. The molecule has 0 radical (unpaired) electrons. The Labute approximate surface area is 135 Å². The minimum Gasteiger partial charge on any atom is -0.493 e. The van der Waals surface area contributed by atoms with Gasteiger partial charge in [0.25, 0.3) is 0 Å². The van der Waals surface area contributed by atoms with Crippen LogP contribution in [0, 0.1) is 6.92 Å². The van der Waals surface area contributed by atoms with Crippen LogP contribution in [0.1, 0.15) is 23.4 Å². The van der Waals surface area contributed by atoms with E-state index in [-0.39, 0.29) is 5.91 Å². The van der Waals surface area contributed by atoms with Crippen LogP contribution in [-0.4, -0.2) is 30.3 Å². The van der Waals surface area contributed by atoms with E-state index in [1.807, 2.05) is 37.3 Å². The molecule has 0 aliphatic carbocycles. The van der Waals surface area contributed by atoms with E-state index in [0.717, 1.165) is 17.0 Å². The molecule has 1 heterocycles. The van der Waals surface area contributed by atoms with Crippen LogP contribution < -0.4 is 14.8 Å². The molecule has 0 saturated heterocycles. The predicted octanol–water partition coefficient (Wildman–Crippen LogP) is 2.05. The van der Waals surface area contributed by atoms with Gasteiger partial charge in [-0.05, 0) is 43.2 Å². The van der Waals surface area contributed by atoms with Crippen molar-refractivity contribution in [1.82, 2.24) is 15.5 Å². The lowest BCUT2D eigenvalue weighted by Crippen LogP contribution is -2.23. The number of carbonyl (C=O) groups excluding carboxylic acids is 1. The van der Waals surface area contributed by atoms with Crippen LogP contribution in [0.3, 0.4) is 0 Å². The zero-order valence-corrected chi connectivity index (χ0v) is 13.6. The summed E-state index contributed by atoms with van der Waals surface area (Å²) < 4.78 is 10.5. The van der Waals surface area contributed by atoms with Gasteiger partial charge in [-0.2, -0.15) is 10.2 Å². The summed E-state index contributed by atoms with van der Waals surface area (Å²) in [6.07, 6.45) is 1.03. The van der Waals surface area contributed by atoms with Gasteiger partial charge in [-0.25, -0.2) is 0 Å². The molecule has 0 aliphatic heterocycles. The molecule has 1 aromatic heterocycles. The summed E-state index contributed by atoms with van der Waals surface area (Å²) in [4.78, 5) is 11.9. The Bertz CT molecular complexity index is 657. The van der Waals surface area contributed by atoms with Crippen molar-refractivity contribution in [2.24, 2.45) is 0 Å². The fraction of sp³-hybridized carbons (Fsp3) is 0.353. The number of benzene rings is 1. The molecule has 0 spiro atoms. The number of hydrogen-bond acceptors (Lipinski definition) is 5. The molecule has 23 heavy (non-hydrogen) atoms. The van der Waals surface area contributed by atoms with Gasteiger partial charge in [0.05, 0.1) is 32.2 Å². The fourth-order valence-corrected chi connectivity index (χ4v) is 2.09. The summed E-state index contributed by atoms with van der Waals surface area (Å²) in [7, 11) is 3.19. The zero-order chi connectivity index (χ0) is 16.7. The Morgan fingerprint density at radius 1 is 1.09 bits per heavy atom. The first kappa shape index (κ1) is 16.7. The number of ether oxygens (including phenoxy) is 2. The van der Waals surface area contributed by atoms with E-state index >= 15 is 0 Å². The second kappa shape index (κ2) is 8.12. The molecule has 0 bridgehead atoms. The third-order valence-corrected chi connectivity index (χ3v) is 3.41. The minimum atomic E-state index is -0.0258. The van der Waals surface area contributed by atoms with Gasteiger partial charge in [0, 0.05) is 6.42 Å². The number of nitrogens with zero attached hydrogens (tertiary/aromatic N) is 2. The van der Waals surface area contributed by atoms with Crippen LogP contribution in [0.15, 0.2) is 30.3 Å². The van der Waals surface area contributed by atoms with Crippen molar-refractivity contribution < 1.29 is 14.3 Å². The maximum Gasteiger partial charge on any atom is 0.220 e. The maximum atomic E-state index is 11.9. The minimum absolute atomic E-state index is 0.0258. The molecular weight excluding hydrogens is 294 g/mol. The highest BCUT2D eigenvalue weighted by Gasteiger charge is 2.07. The molecule has 0 atom stereocenters. The highest BCUT2D eigenvalue weighted by molar-refractivity contribution is 5.76. The summed E-state index contributed by atoms with van der Waals surface area (Å²) >= 11 is 0. The topological polar surface area (TPSA) is 73.3 Å². The molecule has 0 fully saturated rings. The number of nitrogens with one attached hydrogen (secondary N) is 1. The van der Waals surface area contributed by atoms with Crippen LogP contribution in [-0.2, 0) is 17.8 Å². The maximum absolute atomic E-state index is 11.9. The molecule has 2 rings (SSSR count).